The number of aliphatic hydroxyl groups excluding tert-OH is 2. The molecule has 284 valence electrons. The van der Waals surface area contributed by atoms with E-state index in [1.54, 1.807) is 17.3 Å². The molecule has 5 N–H and O–H groups in total. The molecule has 3 amide bonds. The van der Waals surface area contributed by atoms with Gasteiger partial charge in [-0.25, -0.2) is 0 Å². The van der Waals surface area contributed by atoms with Crippen molar-refractivity contribution in [2.45, 2.75) is 115 Å². The molecule has 4 atom stereocenters. The molecule has 0 spiro atoms. The van der Waals surface area contributed by atoms with E-state index in [0.29, 0.717) is 50.8 Å². The number of aromatic nitrogens is 1. The number of benzene rings is 2. The number of amides is 3. The number of nitrogens with one attached hydrogen (secondary N) is 2. The average molecular weight is 728 g/mol. The van der Waals surface area contributed by atoms with Gasteiger partial charge in [0.25, 0.3) is 0 Å². The summed E-state index contributed by atoms with van der Waals surface area (Å²) in [6, 6.07) is 19.7. The lowest BCUT2D eigenvalue weighted by molar-refractivity contribution is -0.137. The summed E-state index contributed by atoms with van der Waals surface area (Å²) in [6.45, 7) is 3.33. The standard InChI is InChI=1S/C41H53N5O7/c1-28(47)34(44-40(53)41(20-6-7-21-41)22-24-43-29(2)48)25-31-12-15-33(16-13-31)45-36(17-14-30-9-4-3-5-10-30)46(37(49)18-19-38(50)51)35(39(45)52)26-32-11-8-23-42-27-32/h3-5,8-13,15-16,23,27,34-36,38-39,50-52H,6-7,14,17-22,24-26H2,1-2H3,(H,43,48)(H,44,53). The van der Waals surface area contributed by atoms with Crippen LogP contribution in [0.5, 0.6) is 0 Å². The minimum Gasteiger partial charge on any atom is -0.371 e. The van der Waals surface area contributed by atoms with Gasteiger partial charge in [0.15, 0.2) is 12.1 Å². The molecule has 2 aromatic carbocycles. The van der Waals surface area contributed by atoms with Crippen molar-refractivity contribution < 1.29 is 34.5 Å². The number of ketones is 1. The van der Waals surface area contributed by atoms with Gasteiger partial charge >= 0.3 is 0 Å². The lowest BCUT2D eigenvalue weighted by atomic mass is 9.81. The predicted octanol–water partition coefficient (Wildman–Crippen LogP) is 3.41. The van der Waals surface area contributed by atoms with Crippen LogP contribution in [0.2, 0.25) is 0 Å². The van der Waals surface area contributed by atoms with E-state index in [0.717, 1.165) is 29.5 Å². The van der Waals surface area contributed by atoms with Gasteiger partial charge in [-0.1, -0.05) is 61.4 Å². The van der Waals surface area contributed by atoms with Crippen molar-refractivity contribution in [1.82, 2.24) is 20.5 Å². The molecular formula is C41H53N5O7. The number of hydrogen-bond acceptors (Lipinski definition) is 9. The van der Waals surface area contributed by atoms with E-state index >= 15 is 0 Å². The summed E-state index contributed by atoms with van der Waals surface area (Å²) in [6.07, 6.45) is 5.41. The normalized spacial score (nSPS) is 20.0. The van der Waals surface area contributed by atoms with Gasteiger partial charge in [0.2, 0.25) is 17.7 Å². The minimum absolute atomic E-state index is 0.102. The van der Waals surface area contributed by atoms with Crippen LogP contribution in [0.4, 0.5) is 5.69 Å². The fraction of sp³-hybridized carbons (Fsp3) is 0.488. The van der Waals surface area contributed by atoms with Crippen molar-refractivity contribution in [3.63, 3.8) is 0 Å². The number of carbonyl (C=O) groups is 4. The summed E-state index contributed by atoms with van der Waals surface area (Å²) >= 11 is 0. The second-order valence-corrected chi connectivity index (χ2v) is 14.5. The zero-order valence-corrected chi connectivity index (χ0v) is 30.7. The first-order chi connectivity index (χ1) is 25.5. The highest BCUT2D eigenvalue weighted by Crippen LogP contribution is 2.41. The molecule has 12 heteroatoms. The first kappa shape index (κ1) is 39.6. The molecule has 5 rings (SSSR count). The van der Waals surface area contributed by atoms with Gasteiger partial charge in [-0.05, 0) is 86.8 Å². The molecule has 0 bridgehead atoms. The van der Waals surface area contributed by atoms with Crippen LogP contribution in [0.1, 0.15) is 81.9 Å². The number of pyridine rings is 1. The van der Waals surface area contributed by atoms with Gasteiger partial charge in [-0.2, -0.15) is 0 Å². The summed E-state index contributed by atoms with van der Waals surface area (Å²) in [7, 11) is 0. The number of aliphatic hydroxyl groups is 3. The Kier molecular flexibility index (Phi) is 13.7. The summed E-state index contributed by atoms with van der Waals surface area (Å²) in [4.78, 5) is 59.7. The maximum Gasteiger partial charge on any atom is 0.226 e. The van der Waals surface area contributed by atoms with E-state index in [2.05, 4.69) is 15.6 Å². The Balaban J connectivity index is 1.39. The Morgan fingerprint density at radius 3 is 2.25 bits per heavy atom. The third-order valence-electron chi connectivity index (χ3n) is 10.7. The van der Waals surface area contributed by atoms with Gasteiger partial charge in [-0.15, -0.1) is 0 Å². The van der Waals surface area contributed by atoms with Crippen molar-refractivity contribution >= 4 is 29.2 Å². The Bertz CT molecular complexity index is 1660. The van der Waals surface area contributed by atoms with Gasteiger partial charge in [0, 0.05) is 44.4 Å². The molecule has 12 nitrogen and oxygen atoms in total. The van der Waals surface area contributed by atoms with Gasteiger partial charge in [0.1, 0.15) is 12.4 Å². The monoisotopic (exact) mass is 727 g/mol. The van der Waals surface area contributed by atoms with Crippen molar-refractivity contribution in [2.24, 2.45) is 5.41 Å². The maximum absolute atomic E-state index is 13.9. The number of anilines is 1. The second-order valence-electron chi connectivity index (χ2n) is 14.5. The predicted molar refractivity (Wildman–Crippen MR) is 200 cm³/mol. The fourth-order valence-corrected chi connectivity index (χ4v) is 7.87. The van der Waals surface area contributed by atoms with Gasteiger partial charge in [0.05, 0.1) is 17.5 Å². The molecule has 1 aliphatic heterocycles. The Morgan fingerprint density at radius 2 is 1.62 bits per heavy atom. The number of carbonyl (C=O) groups excluding carboxylic acids is 4. The van der Waals surface area contributed by atoms with E-state index < -0.39 is 36.2 Å². The van der Waals surface area contributed by atoms with Crippen LogP contribution in [-0.4, -0.2) is 86.0 Å². The molecular weight excluding hydrogens is 674 g/mol. The van der Waals surface area contributed by atoms with E-state index in [9.17, 15) is 34.5 Å². The first-order valence-corrected chi connectivity index (χ1v) is 18.7. The summed E-state index contributed by atoms with van der Waals surface area (Å²) in [5.41, 5.74) is 2.81. The minimum atomic E-state index is -1.63. The third-order valence-corrected chi connectivity index (χ3v) is 10.7. The molecule has 1 saturated carbocycles. The molecule has 2 heterocycles. The van der Waals surface area contributed by atoms with Crippen molar-refractivity contribution in [3.8, 4) is 0 Å². The fourth-order valence-electron chi connectivity index (χ4n) is 7.87. The SMILES string of the molecule is CC(=O)NCCC1(C(=O)NC(Cc2ccc(N3C(O)C(Cc4cccnc4)N(C(=O)CCC(O)O)C3CCc3ccccc3)cc2)C(C)=O)CCCC1. The van der Waals surface area contributed by atoms with Gasteiger partial charge in [-0.3, -0.25) is 24.2 Å². The van der Waals surface area contributed by atoms with Crippen LogP contribution >= 0.6 is 0 Å². The van der Waals surface area contributed by atoms with Crippen LogP contribution in [0.15, 0.2) is 79.1 Å². The van der Waals surface area contributed by atoms with Crippen molar-refractivity contribution in [1.29, 1.82) is 0 Å². The molecule has 0 radical (unpaired) electrons. The highest BCUT2D eigenvalue weighted by Gasteiger charge is 2.48. The molecule has 2 fully saturated rings. The zero-order valence-electron chi connectivity index (χ0n) is 30.7. The smallest absolute Gasteiger partial charge is 0.226 e. The molecule has 3 aromatic rings. The second kappa shape index (κ2) is 18.4. The van der Waals surface area contributed by atoms with E-state index in [4.69, 9.17) is 0 Å². The molecule has 4 unspecified atom stereocenters. The van der Waals surface area contributed by atoms with E-state index in [-0.39, 0.29) is 42.8 Å². The third kappa shape index (κ3) is 10.3. The van der Waals surface area contributed by atoms with Crippen LogP contribution in [0.3, 0.4) is 0 Å². The van der Waals surface area contributed by atoms with Gasteiger partial charge < -0.3 is 35.8 Å². The molecule has 1 aromatic heterocycles. The number of nitrogens with zero attached hydrogens (tertiary/aromatic N) is 3. The first-order valence-electron chi connectivity index (χ1n) is 18.7. The zero-order chi connectivity index (χ0) is 38.0. The quantitative estimate of drug-likeness (QED) is 0.131. The highest BCUT2D eigenvalue weighted by molar-refractivity contribution is 5.90. The molecule has 53 heavy (non-hydrogen) atoms. The summed E-state index contributed by atoms with van der Waals surface area (Å²) < 4.78 is 0. The summed E-state index contributed by atoms with van der Waals surface area (Å²) in [5, 5.41) is 37.1. The number of aryl methyl sites for hydroxylation is 1. The van der Waals surface area contributed by atoms with E-state index in [1.807, 2.05) is 71.6 Å². The number of rotatable bonds is 17. The van der Waals surface area contributed by atoms with Crippen LogP contribution in [0.25, 0.3) is 0 Å². The topological polar surface area (TPSA) is 172 Å². The highest BCUT2D eigenvalue weighted by atomic mass is 16.5. The van der Waals surface area contributed by atoms with E-state index in [1.165, 1.54) is 13.8 Å². The maximum atomic E-state index is 13.9. The largest absolute Gasteiger partial charge is 0.371 e. The van der Waals surface area contributed by atoms with Crippen molar-refractivity contribution in [3.05, 3.63) is 95.8 Å². The van der Waals surface area contributed by atoms with Crippen LogP contribution in [-0.2, 0) is 38.4 Å². The molecule has 2 aliphatic rings. The molecule has 1 aliphatic carbocycles. The van der Waals surface area contributed by atoms with Crippen molar-refractivity contribution in [2.75, 3.05) is 11.4 Å². The lowest BCUT2D eigenvalue weighted by Gasteiger charge is -2.33. The Hall–Kier alpha value is -4.65. The Labute approximate surface area is 311 Å². The number of Topliss-reactive ketones (excluding diaryl/α,β-unsaturated/α-hetero) is 1. The van der Waals surface area contributed by atoms with Crippen LogP contribution < -0.4 is 15.5 Å². The average Bonchev–Trinajstić information content (AvgIpc) is 3.73. The molecule has 1 saturated heterocycles. The summed E-state index contributed by atoms with van der Waals surface area (Å²) in [5.74, 6) is -0.747. The number of hydrogen-bond donors (Lipinski definition) is 5. The van der Waals surface area contributed by atoms with Crippen LogP contribution in [0, 0.1) is 5.41 Å². The Morgan fingerprint density at radius 1 is 0.925 bits per heavy atom. The lowest BCUT2D eigenvalue weighted by Crippen LogP contribution is -2.49.